The third kappa shape index (κ3) is 5.20. The van der Waals surface area contributed by atoms with Crippen molar-refractivity contribution in [2.75, 3.05) is 24.1 Å². The Kier molecular flexibility index (Phi) is 5.66. The van der Waals surface area contributed by atoms with E-state index in [0.29, 0.717) is 23.0 Å². The smallest absolute Gasteiger partial charge is 0.226 e. The lowest BCUT2D eigenvalue weighted by Crippen LogP contribution is -2.32. The molecule has 0 aromatic carbocycles. The number of nitrogens with two attached hydrogens (primary N) is 1. The summed E-state index contributed by atoms with van der Waals surface area (Å²) in [6.07, 6.45) is 7.80. The predicted molar refractivity (Wildman–Crippen MR) is 79.4 cm³/mol. The Morgan fingerprint density at radius 3 is 2.74 bits per heavy atom. The maximum absolute atomic E-state index is 5.81. The molecular weight excluding hydrogens is 262 g/mol. The van der Waals surface area contributed by atoms with E-state index in [9.17, 15) is 0 Å². The molecule has 5 nitrogen and oxygen atoms in total. The van der Waals surface area contributed by atoms with E-state index in [2.05, 4.69) is 20.6 Å². The Bertz CT molecular complexity index is 372. The standard InChI is InChI=1S/C13H22ClN5/c14-11-9-12(15)19-13(18-11)17-8-4-7-16-10-5-2-1-3-6-10/h9-10,16H,1-8H2,(H3,15,17,18,19). The highest BCUT2D eigenvalue weighted by Gasteiger charge is 2.11. The fraction of sp³-hybridized carbons (Fsp3) is 0.692. The molecule has 1 saturated carbocycles. The first-order chi connectivity index (χ1) is 9.24. The number of aromatic nitrogens is 2. The monoisotopic (exact) mass is 283 g/mol. The summed E-state index contributed by atoms with van der Waals surface area (Å²) in [7, 11) is 0. The van der Waals surface area contributed by atoms with E-state index in [-0.39, 0.29) is 0 Å². The summed E-state index contributed by atoms with van der Waals surface area (Å²) in [5.74, 6) is 0.894. The van der Waals surface area contributed by atoms with E-state index in [1.165, 1.54) is 38.2 Å². The minimum absolute atomic E-state index is 0.371. The van der Waals surface area contributed by atoms with Crippen molar-refractivity contribution < 1.29 is 0 Å². The summed E-state index contributed by atoms with van der Waals surface area (Å²) in [5.41, 5.74) is 5.60. The van der Waals surface area contributed by atoms with Gasteiger partial charge in [-0.1, -0.05) is 30.9 Å². The molecule has 1 aliphatic carbocycles. The summed E-state index contributed by atoms with van der Waals surface area (Å²) in [6, 6.07) is 2.25. The molecule has 4 N–H and O–H groups in total. The van der Waals surface area contributed by atoms with Crippen LogP contribution in [0.4, 0.5) is 11.8 Å². The Morgan fingerprint density at radius 2 is 2.00 bits per heavy atom. The van der Waals surface area contributed by atoms with Gasteiger partial charge in [0.15, 0.2) is 0 Å². The number of nitrogen functional groups attached to an aromatic ring is 1. The number of nitrogens with zero attached hydrogens (tertiary/aromatic N) is 2. The second-order valence-corrected chi connectivity index (χ2v) is 5.40. The molecule has 0 atom stereocenters. The molecule has 19 heavy (non-hydrogen) atoms. The van der Waals surface area contributed by atoms with Crippen LogP contribution in [0.2, 0.25) is 5.15 Å². The SMILES string of the molecule is Nc1cc(Cl)nc(NCCCNC2CCCCC2)n1. The summed E-state index contributed by atoms with van der Waals surface area (Å²) in [4.78, 5) is 8.14. The molecule has 0 aliphatic heterocycles. The molecule has 0 bridgehead atoms. The highest BCUT2D eigenvalue weighted by Crippen LogP contribution is 2.17. The Balaban J connectivity index is 1.60. The third-order valence-corrected chi connectivity index (χ3v) is 3.58. The third-order valence-electron chi connectivity index (χ3n) is 3.39. The maximum atomic E-state index is 5.81. The largest absolute Gasteiger partial charge is 0.383 e. The summed E-state index contributed by atoms with van der Waals surface area (Å²) >= 11 is 5.81. The molecule has 1 fully saturated rings. The van der Waals surface area contributed by atoms with Gasteiger partial charge in [-0.25, -0.2) is 4.98 Å². The van der Waals surface area contributed by atoms with Crippen molar-refractivity contribution in [1.29, 1.82) is 0 Å². The fourth-order valence-electron chi connectivity index (χ4n) is 2.42. The van der Waals surface area contributed by atoms with Gasteiger partial charge in [0, 0.05) is 18.7 Å². The lowest BCUT2D eigenvalue weighted by atomic mass is 9.95. The molecule has 0 amide bonds. The van der Waals surface area contributed by atoms with Crippen molar-refractivity contribution in [3.05, 3.63) is 11.2 Å². The van der Waals surface area contributed by atoms with Gasteiger partial charge in [0.2, 0.25) is 5.95 Å². The van der Waals surface area contributed by atoms with Crippen LogP contribution in [0.25, 0.3) is 0 Å². The molecule has 0 saturated heterocycles. The lowest BCUT2D eigenvalue weighted by Gasteiger charge is -2.22. The van der Waals surface area contributed by atoms with E-state index < -0.39 is 0 Å². The number of rotatable bonds is 6. The number of hydrogen-bond acceptors (Lipinski definition) is 5. The fourth-order valence-corrected chi connectivity index (χ4v) is 2.61. The summed E-state index contributed by atoms with van der Waals surface area (Å²) < 4.78 is 0. The predicted octanol–water partition coefficient (Wildman–Crippen LogP) is 2.44. The van der Waals surface area contributed by atoms with Crippen LogP contribution in [-0.2, 0) is 0 Å². The minimum Gasteiger partial charge on any atom is -0.383 e. The Hall–Kier alpha value is -1.07. The maximum Gasteiger partial charge on any atom is 0.226 e. The molecule has 0 unspecified atom stereocenters. The van der Waals surface area contributed by atoms with Crippen LogP contribution < -0.4 is 16.4 Å². The van der Waals surface area contributed by atoms with Gasteiger partial charge in [0.05, 0.1) is 0 Å². The zero-order valence-electron chi connectivity index (χ0n) is 11.2. The van der Waals surface area contributed by atoms with Gasteiger partial charge in [-0.05, 0) is 25.8 Å². The normalized spacial score (nSPS) is 16.5. The topological polar surface area (TPSA) is 75.9 Å². The number of hydrogen-bond donors (Lipinski definition) is 3. The highest BCUT2D eigenvalue weighted by molar-refractivity contribution is 6.29. The van der Waals surface area contributed by atoms with Gasteiger partial charge in [-0.15, -0.1) is 0 Å². The molecule has 0 radical (unpaired) electrons. The van der Waals surface area contributed by atoms with Crippen LogP contribution in [0.15, 0.2) is 6.07 Å². The summed E-state index contributed by atoms with van der Waals surface area (Å²) in [6.45, 7) is 1.84. The van der Waals surface area contributed by atoms with Crippen LogP contribution >= 0.6 is 11.6 Å². The highest BCUT2D eigenvalue weighted by atomic mass is 35.5. The lowest BCUT2D eigenvalue weighted by molar-refractivity contribution is 0.373. The molecule has 0 spiro atoms. The van der Waals surface area contributed by atoms with Crippen molar-refractivity contribution in [3.8, 4) is 0 Å². The van der Waals surface area contributed by atoms with E-state index in [4.69, 9.17) is 17.3 Å². The molecule has 1 heterocycles. The van der Waals surface area contributed by atoms with Gasteiger partial charge >= 0.3 is 0 Å². The summed E-state index contributed by atoms with van der Waals surface area (Å²) in [5, 5.41) is 7.11. The van der Waals surface area contributed by atoms with Gasteiger partial charge < -0.3 is 16.4 Å². The second kappa shape index (κ2) is 7.50. The number of halogens is 1. The zero-order chi connectivity index (χ0) is 13.5. The van der Waals surface area contributed by atoms with Crippen LogP contribution in [-0.4, -0.2) is 29.1 Å². The molecule has 106 valence electrons. The molecule has 1 aromatic rings. The van der Waals surface area contributed by atoms with Crippen molar-refractivity contribution in [2.45, 2.75) is 44.6 Å². The van der Waals surface area contributed by atoms with Gasteiger partial charge in [-0.3, -0.25) is 0 Å². The molecular formula is C13H22ClN5. The van der Waals surface area contributed by atoms with Crippen LogP contribution in [0.3, 0.4) is 0 Å². The Labute approximate surface area is 119 Å². The van der Waals surface area contributed by atoms with E-state index in [1.807, 2.05) is 0 Å². The van der Waals surface area contributed by atoms with E-state index in [1.54, 1.807) is 0 Å². The first-order valence-corrected chi connectivity index (χ1v) is 7.39. The van der Waals surface area contributed by atoms with E-state index in [0.717, 1.165) is 19.5 Å². The van der Waals surface area contributed by atoms with Crippen molar-refractivity contribution in [1.82, 2.24) is 15.3 Å². The second-order valence-electron chi connectivity index (χ2n) is 5.01. The Morgan fingerprint density at radius 1 is 1.21 bits per heavy atom. The quantitative estimate of drug-likeness (QED) is 0.552. The minimum atomic E-state index is 0.371. The number of nitrogens with one attached hydrogen (secondary N) is 2. The van der Waals surface area contributed by atoms with Crippen LogP contribution in [0.5, 0.6) is 0 Å². The first-order valence-electron chi connectivity index (χ1n) is 7.01. The van der Waals surface area contributed by atoms with Gasteiger partial charge in [-0.2, -0.15) is 4.98 Å². The van der Waals surface area contributed by atoms with Crippen molar-refractivity contribution in [3.63, 3.8) is 0 Å². The molecule has 1 aromatic heterocycles. The average Bonchev–Trinajstić information content (AvgIpc) is 2.38. The van der Waals surface area contributed by atoms with Crippen LogP contribution in [0.1, 0.15) is 38.5 Å². The van der Waals surface area contributed by atoms with E-state index >= 15 is 0 Å². The first kappa shape index (κ1) is 14.3. The molecule has 2 rings (SSSR count). The van der Waals surface area contributed by atoms with Crippen molar-refractivity contribution >= 4 is 23.4 Å². The number of anilines is 2. The van der Waals surface area contributed by atoms with Crippen molar-refractivity contribution in [2.24, 2.45) is 0 Å². The van der Waals surface area contributed by atoms with Gasteiger partial charge in [0.1, 0.15) is 11.0 Å². The molecule has 6 heteroatoms. The zero-order valence-corrected chi connectivity index (χ0v) is 11.9. The molecule has 1 aliphatic rings. The van der Waals surface area contributed by atoms with Crippen LogP contribution in [0, 0.1) is 0 Å². The van der Waals surface area contributed by atoms with Gasteiger partial charge in [0.25, 0.3) is 0 Å². The average molecular weight is 284 g/mol.